The van der Waals surface area contributed by atoms with E-state index in [2.05, 4.69) is 4.98 Å². The maximum Gasteiger partial charge on any atom is 0.265 e. The summed E-state index contributed by atoms with van der Waals surface area (Å²) in [5, 5.41) is 0. The molecule has 0 bridgehead atoms. The van der Waals surface area contributed by atoms with Crippen LogP contribution in [0.2, 0.25) is 0 Å². The van der Waals surface area contributed by atoms with Crippen molar-refractivity contribution in [3.63, 3.8) is 0 Å². The third-order valence-electron chi connectivity index (χ3n) is 2.41. The van der Waals surface area contributed by atoms with Crippen LogP contribution in [0.15, 0.2) is 59.8 Å². The fraction of sp³-hybridized carbons (Fsp3) is 0.0833. The Morgan fingerprint density at radius 2 is 1.76 bits per heavy atom. The number of rotatable bonds is 3. The van der Waals surface area contributed by atoms with E-state index in [-0.39, 0.29) is 4.90 Å². The molecule has 1 heterocycles. The number of benzene rings is 1. The number of anilines is 1. The van der Waals surface area contributed by atoms with Crippen LogP contribution in [0.1, 0.15) is 0 Å². The first-order valence-electron chi connectivity index (χ1n) is 5.06. The molecule has 0 amide bonds. The Bertz CT molecular complexity index is 582. The first kappa shape index (κ1) is 11.6. The monoisotopic (exact) mass is 248 g/mol. The van der Waals surface area contributed by atoms with Crippen molar-refractivity contribution in [2.24, 2.45) is 0 Å². The van der Waals surface area contributed by atoms with Crippen molar-refractivity contribution in [2.45, 2.75) is 4.90 Å². The average molecular weight is 248 g/mol. The van der Waals surface area contributed by atoms with Crippen LogP contribution in [-0.2, 0) is 10.0 Å². The highest BCUT2D eigenvalue weighted by molar-refractivity contribution is 7.92. The Labute approximate surface area is 101 Å². The topological polar surface area (TPSA) is 50.3 Å². The van der Waals surface area contributed by atoms with Crippen LogP contribution in [-0.4, -0.2) is 20.4 Å². The fourth-order valence-corrected chi connectivity index (χ4v) is 2.59. The zero-order valence-corrected chi connectivity index (χ0v) is 10.1. The third-order valence-corrected chi connectivity index (χ3v) is 4.18. The second-order valence-corrected chi connectivity index (χ2v) is 5.47. The molecule has 4 nitrogen and oxygen atoms in total. The number of sulfonamides is 1. The number of aromatic nitrogens is 1. The molecule has 2 rings (SSSR count). The lowest BCUT2D eigenvalue weighted by molar-refractivity contribution is 0.594. The van der Waals surface area contributed by atoms with Gasteiger partial charge in [0.25, 0.3) is 10.0 Å². The molecule has 0 aliphatic rings. The lowest BCUT2D eigenvalue weighted by atomic mass is 10.3. The quantitative estimate of drug-likeness (QED) is 0.833. The predicted molar refractivity (Wildman–Crippen MR) is 66.3 cm³/mol. The molecule has 0 fully saturated rings. The van der Waals surface area contributed by atoms with Crippen molar-refractivity contribution in [3.8, 4) is 0 Å². The third kappa shape index (κ3) is 2.29. The van der Waals surface area contributed by atoms with Crippen LogP contribution in [0.3, 0.4) is 0 Å². The molecular weight excluding hydrogens is 236 g/mol. The smallest absolute Gasteiger partial charge is 0.265 e. The number of para-hydroxylation sites is 1. The molecular formula is C12H12N2O2S. The lowest BCUT2D eigenvalue weighted by Crippen LogP contribution is -2.26. The number of hydrogen-bond acceptors (Lipinski definition) is 3. The molecule has 0 atom stereocenters. The summed E-state index contributed by atoms with van der Waals surface area (Å²) in [6.45, 7) is 0. The number of pyridine rings is 1. The Morgan fingerprint density at radius 3 is 2.35 bits per heavy atom. The normalized spacial score (nSPS) is 11.1. The first-order valence-corrected chi connectivity index (χ1v) is 6.50. The van der Waals surface area contributed by atoms with E-state index in [9.17, 15) is 8.42 Å². The molecule has 0 unspecified atom stereocenters. The predicted octanol–water partition coefficient (Wildman–Crippen LogP) is 1.91. The van der Waals surface area contributed by atoms with Gasteiger partial charge in [-0.3, -0.25) is 9.29 Å². The SMILES string of the molecule is CN(c1ccccc1)S(=O)(=O)c1cccnc1. The molecule has 0 radical (unpaired) electrons. The minimum Gasteiger partial charge on any atom is -0.269 e. The molecule has 0 aliphatic heterocycles. The van der Waals surface area contributed by atoms with Crippen molar-refractivity contribution >= 4 is 15.7 Å². The standard InChI is InChI=1S/C12H12N2O2S/c1-14(11-6-3-2-4-7-11)17(15,16)12-8-5-9-13-10-12/h2-10H,1H3. The van der Waals surface area contributed by atoms with Crippen molar-refractivity contribution in [1.29, 1.82) is 0 Å². The molecule has 0 aliphatic carbocycles. The molecule has 2 aromatic rings. The van der Waals surface area contributed by atoms with Gasteiger partial charge in [-0.15, -0.1) is 0 Å². The molecule has 0 saturated carbocycles. The van der Waals surface area contributed by atoms with Crippen LogP contribution in [0.25, 0.3) is 0 Å². The summed E-state index contributed by atoms with van der Waals surface area (Å²) >= 11 is 0. The van der Waals surface area contributed by atoms with Gasteiger partial charge in [-0.25, -0.2) is 8.42 Å². The second kappa shape index (κ2) is 4.55. The summed E-state index contributed by atoms with van der Waals surface area (Å²) in [7, 11) is -2.00. The highest BCUT2D eigenvalue weighted by Crippen LogP contribution is 2.20. The van der Waals surface area contributed by atoms with Crippen molar-refractivity contribution in [3.05, 3.63) is 54.9 Å². The molecule has 5 heteroatoms. The Morgan fingerprint density at radius 1 is 1.06 bits per heavy atom. The van der Waals surface area contributed by atoms with E-state index in [0.29, 0.717) is 5.69 Å². The average Bonchev–Trinajstić information content (AvgIpc) is 2.40. The minimum absolute atomic E-state index is 0.186. The summed E-state index contributed by atoms with van der Waals surface area (Å²) in [4.78, 5) is 4.01. The van der Waals surface area contributed by atoms with Crippen LogP contribution < -0.4 is 4.31 Å². The molecule has 0 saturated heterocycles. The van der Waals surface area contributed by atoms with Crippen molar-refractivity contribution in [2.75, 3.05) is 11.4 Å². The van der Waals surface area contributed by atoms with Crippen LogP contribution in [0.4, 0.5) is 5.69 Å². The minimum atomic E-state index is -3.52. The summed E-state index contributed by atoms with van der Waals surface area (Å²) in [5.41, 5.74) is 0.622. The van der Waals surface area contributed by atoms with Gasteiger partial charge in [0.2, 0.25) is 0 Å². The number of hydrogen-bond donors (Lipinski definition) is 0. The maximum atomic E-state index is 12.2. The Kier molecular flexibility index (Phi) is 3.10. The molecule has 1 aromatic heterocycles. The van der Waals surface area contributed by atoms with Crippen LogP contribution >= 0.6 is 0 Å². The van der Waals surface area contributed by atoms with Gasteiger partial charge < -0.3 is 0 Å². The maximum absolute atomic E-state index is 12.2. The lowest BCUT2D eigenvalue weighted by Gasteiger charge is -2.18. The van der Waals surface area contributed by atoms with E-state index in [4.69, 9.17) is 0 Å². The van der Waals surface area contributed by atoms with E-state index in [1.807, 2.05) is 6.07 Å². The Balaban J connectivity index is 2.41. The Hall–Kier alpha value is -1.88. The molecule has 0 N–H and O–H groups in total. The van der Waals surface area contributed by atoms with E-state index < -0.39 is 10.0 Å². The molecule has 88 valence electrons. The summed E-state index contributed by atoms with van der Waals surface area (Å²) < 4.78 is 25.7. The van der Waals surface area contributed by atoms with E-state index >= 15 is 0 Å². The number of nitrogens with zero attached hydrogens (tertiary/aromatic N) is 2. The molecule has 17 heavy (non-hydrogen) atoms. The first-order chi connectivity index (χ1) is 8.12. The van der Waals surface area contributed by atoms with Gasteiger partial charge >= 0.3 is 0 Å². The van der Waals surface area contributed by atoms with Gasteiger partial charge in [0.1, 0.15) is 4.90 Å². The van der Waals surface area contributed by atoms with Gasteiger partial charge in [0.15, 0.2) is 0 Å². The fourth-order valence-electron chi connectivity index (χ4n) is 1.43. The summed E-state index contributed by atoms with van der Waals surface area (Å²) in [5.74, 6) is 0. The van der Waals surface area contributed by atoms with E-state index in [1.54, 1.807) is 36.5 Å². The van der Waals surface area contributed by atoms with Gasteiger partial charge in [-0.2, -0.15) is 0 Å². The zero-order valence-electron chi connectivity index (χ0n) is 9.32. The van der Waals surface area contributed by atoms with Gasteiger partial charge in [-0.1, -0.05) is 18.2 Å². The highest BCUT2D eigenvalue weighted by Gasteiger charge is 2.20. The second-order valence-electron chi connectivity index (χ2n) is 3.50. The van der Waals surface area contributed by atoms with Crippen LogP contribution in [0, 0.1) is 0 Å². The largest absolute Gasteiger partial charge is 0.269 e. The van der Waals surface area contributed by atoms with Gasteiger partial charge in [0.05, 0.1) is 5.69 Å². The van der Waals surface area contributed by atoms with Crippen LogP contribution in [0.5, 0.6) is 0 Å². The zero-order chi connectivity index (χ0) is 12.3. The molecule has 1 aromatic carbocycles. The van der Waals surface area contributed by atoms with Gasteiger partial charge in [-0.05, 0) is 24.3 Å². The van der Waals surface area contributed by atoms with Crippen molar-refractivity contribution in [1.82, 2.24) is 4.98 Å². The van der Waals surface area contributed by atoms with Crippen molar-refractivity contribution < 1.29 is 8.42 Å². The summed E-state index contributed by atoms with van der Waals surface area (Å²) in [6.07, 6.45) is 2.89. The van der Waals surface area contributed by atoms with Gasteiger partial charge in [0, 0.05) is 19.4 Å². The van der Waals surface area contributed by atoms with E-state index in [0.717, 1.165) is 0 Å². The van der Waals surface area contributed by atoms with E-state index in [1.165, 1.54) is 23.6 Å². The summed E-state index contributed by atoms with van der Waals surface area (Å²) in [6, 6.07) is 12.1. The molecule has 0 spiro atoms. The highest BCUT2D eigenvalue weighted by atomic mass is 32.2.